The van der Waals surface area contributed by atoms with E-state index in [-0.39, 0.29) is 0 Å². The largest absolute Gasteiger partial charge is 0.296 e. The van der Waals surface area contributed by atoms with Crippen molar-refractivity contribution in [2.45, 2.75) is 84.1 Å². The third-order valence-electron chi connectivity index (χ3n) is 4.66. The molecule has 1 rings (SSSR count). The monoisotopic (exact) mass is 285 g/mol. The Morgan fingerprint density at radius 1 is 0.842 bits per heavy atom. The summed E-state index contributed by atoms with van der Waals surface area (Å²) in [6.45, 7) is 9.81. The van der Waals surface area contributed by atoms with Crippen molar-refractivity contribution in [1.82, 2.24) is 4.90 Å². The predicted molar refractivity (Wildman–Crippen MR) is 90.2 cm³/mol. The average Bonchev–Trinajstić information content (AvgIpc) is 2.46. The van der Waals surface area contributed by atoms with E-state index in [4.69, 9.17) is 0 Å². The zero-order valence-corrected chi connectivity index (χ0v) is 14.4. The predicted octanol–water partition coefficient (Wildman–Crippen LogP) is 5.34. The van der Waals surface area contributed by atoms with Crippen LogP contribution in [-0.4, -0.2) is 35.0 Å². The lowest BCUT2D eigenvalue weighted by atomic mass is 9.86. The summed E-state index contributed by atoms with van der Waals surface area (Å²) in [6, 6.07) is 0. The molecule has 0 N–H and O–H groups in total. The Morgan fingerprint density at radius 3 is 2.05 bits per heavy atom. The van der Waals surface area contributed by atoms with Gasteiger partial charge in [0.2, 0.25) is 0 Å². The van der Waals surface area contributed by atoms with Crippen LogP contribution in [-0.2, 0) is 0 Å². The van der Waals surface area contributed by atoms with E-state index < -0.39 is 0 Å². The number of hydrogen-bond donors (Lipinski definition) is 0. The molecule has 1 unspecified atom stereocenters. The molecular formula is C17H35NS. The van der Waals surface area contributed by atoms with Crippen molar-refractivity contribution < 1.29 is 0 Å². The summed E-state index contributed by atoms with van der Waals surface area (Å²) >= 11 is 2.13. The van der Waals surface area contributed by atoms with Gasteiger partial charge < -0.3 is 0 Å². The van der Waals surface area contributed by atoms with Crippen molar-refractivity contribution >= 4 is 11.8 Å². The highest BCUT2D eigenvalue weighted by Gasteiger charge is 2.31. The van der Waals surface area contributed by atoms with E-state index in [2.05, 4.69) is 37.4 Å². The van der Waals surface area contributed by atoms with E-state index in [1.807, 2.05) is 0 Å². The lowest BCUT2D eigenvalue weighted by Gasteiger charge is -2.44. The second-order valence-corrected chi connectivity index (χ2v) is 7.59. The number of thioether (sulfide) groups is 1. The van der Waals surface area contributed by atoms with Gasteiger partial charge >= 0.3 is 0 Å². The summed E-state index contributed by atoms with van der Waals surface area (Å²) in [5, 5.41) is 0. The summed E-state index contributed by atoms with van der Waals surface area (Å²) in [7, 11) is 0. The van der Waals surface area contributed by atoms with Crippen LogP contribution >= 0.6 is 11.8 Å². The topological polar surface area (TPSA) is 3.24 Å². The van der Waals surface area contributed by atoms with E-state index in [0.717, 1.165) is 0 Å². The fourth-order valence-electron chi connectivity index (χ4n) is 3.21. The van der Waals surface area contributed by atoms with Crippen LogP contribution in [0.25, 0.3) is 0 Å². The molecule has 2 heteroatoms. The molecule has 1 saturated heterocycles. The average molecular weight is 286 g/mol. The van der Waals surface area contributed by atoms with Crippen LogP contribution in [0.15, 0.2) is 0 Å². The molecule has 0 saturated carbocycles. The Balaban J connectivity index is 2.39. The maximum absolute atomic E-state index is 2.80. The smallest absolute Gasteiger partial charge is 0.0182 e. The Bertz CT molecular complexity index is 213. The zero-order chi connectivity index (χ0) is 14.0. The summed E-state index contributed by atoms with van der Waals surface area (Å²) < 4.78 is 0. The molecule has 1 aliphatic rings. The summed E-state index contributed by atoms with van der Waals surface area (Å²) in [4.78, 5) is 2.80. The highest BCUT2D eigenvalue weighted by molar-refractivity contribution is 7.99. The SMILES string of the molecule is CCCCCCCC(C)(CCCC)N1CCSCC1. The molecule has 1 atom stereocenters. The van der Waals surface area contributed by atoms with E-state index in [1.54, 1.807) is 0 Å². The normalized spacial score (nSPS) is 20.4. The van der Waals surface area contributed by atoms with Crippen LogP contribution in [0.4, 0.5) is 0 Å². The molecule has 0 aromatic rings. The van der Waals surface area contributed by atoms with Crippen LogP contribution in [0.1, 0.15) is 78.6 Å². The third-order valence-corrected chi connectivity index (χ3v) is 5.60. The first kappa shape index (κ1) is 17.4. The Hall–Kier alpha value is 0.310. The molecule has 0 bridgehead atoms. The van der Waals surface area contributed by atoms with Gasteiger partial charge in [-0.25, -0.2) is 0 Å². The van der Waals surface area contributed by atoms with E-state index in [1.165, 1.54) is 82.4 Å². The molecule has 1 aliphatic heterocycles. The van der Waals surface area contributed by atoms with Crippen molar-refractivity contribution in [3.63, 3.8) is 0 Å². The standard InChI is InChI=1S/C17H35NS/c1-4-6-8-9-10-12-17(3,11-7-5-2)18-13-15-19-16-14-18/h4-16H2,1-3H3. The van der Waals surface area contributed by atoms with Crippen LogP contribution < -0.4 is 0 Å². The molecule has 0 spiro atoms. The van der Waals surface area contributed by atoms with Crippen LogP contribution in [0, 0.1) is 0 Å². The summed E-state index contributed by atoms with van der Waals surface area (Å²) in [6.07, 6.45) is 12.7. The van der Waals surface area contributed by atoms with E-state index in [9.17, 15) is 0 Å². The fraction of sp³-hybridized carbons (Fsp3) is 1.00. The summed E-state index contributed by atoms with van der Waals surface area (Å²) in [5.41, 5.74) is 0.489. The van der Waals surface area contributed by atoms with Crippen LogP contribution in [0.3, 0.4) is 0 Å². The van der Waals surface area contributed by atoms with Gasteiger partial charge in [0.05, 0.1) is 0 Å². The third kappa shape index (κ3) is 6.53. The second kappa shape index (κ2) is 10.1. The van der Waals surface area contributed by atoms with Gasteiger partial charge in [-0.3, -0.25) is 4.90 Å². The summed E-state index contributed by atoms with van der Waals surface area (Å²) in [5.74, 6) is 2.69. The second-order valence-electron chi connectivity index (χ2n) is 6.36. The maximum Gasteiger partial charge on any atom is 0.0182 e. The van der Waals surface area contributed by atoms with Gasteiger partial charge in [0.25, 0.3) is 0 Å². The van der Waals surface area contributed by atoms with Gasteiger partial charge in [-0.1, -0.05) is 58.8 Å². The Labute approximate surface area is 125 Å². The zero-order valence-electron chi connectivity index (χ0n) is 13.5. The first-order chi connectivity index (χ1) is 9.23. The number of nitrogens with zero attached hydrogens (tertiary/aromatic N) is 1. The fourth-order valence-corrected chi connectivity index (χ4v) is 4.11. The van der Waals surface area contributed by atoms with Crippen molar-refractivity contribution in [1.29, 1.82) is 0 Å². The highest BCUT2D eigenvalue weighted by atomic mass is 32.2. The quantitative estimate of drug-likeness (QED) is 0.498. The molecule has 1 nitrogen and oxygen atoms in total. The molecule has 0 aliphatic carbocycles. The number of rotatable bonds is 10. The lowest BCUT2D eigenvalue weighted by Crippen LogP contribution is -2.50. The van der Waals surface area contributed by atoms with Crippen molar-refractivity contribution in [3.05, 3.63) is 0 Å². The molecular weight excluding hydrogens is 250 g/mol. The molecule has 19 heavy (non-hydrogen) atoms. The van der Waals surface area contributed by atoms with Crippen molar-refractivity contribution in [2.24, 2.45) is 0 Å². The minimum Gasteiger partial charge on any atom is -0.296 e. The molecule has 1 fully saturated rings. The first-order valence-corrected chi connectivity index (χ1v) is 9.71. The number of hydrogen-bond acceptors (Lipinski definition) is 2. The van der Waals surface area contributed by atoms with Gasteiger partial charge in [0, 0.05) is 30.1 Å². The van der Waals surface area contributed by atoms with Gasteiger partial charge in [-0.2, -0.15) is 11.8 Å². The highest BCUT2D eigenvalue weighted by Crippen LogP contribution is 2.30. The van der Waals surface area contributed by atoms with Crippen LogP contribution in [0.2, 0.25) is 0 Å². The van der Waals surface area contributed by atoms with Gasteiger partial charge in [0.1, 0.15) is 0 Å². The minimum atomic E-state index is 0.489. The molecule has 114 valence electrons. The van der Waals surface area contributed by atoms with Crippen molar-refractivity contribution in [2.75, 3.05) is 24.6 Å². The lowest BCUT2D eigenvalue weighted by molar-refractivity contribution is 0.0917. The maximum atomic E-state index is 2.80. The van der Waals surface area contributed by atoms with Gasteiger partial charge in [-0.15, -0.1) is 0 Å². The first-order valence-electron chi connectivity index (χ1n) is 8.55. The molecule has 0 amide bonds. The Morgan fingerprint density at radius 2 is 1.42 bits per heavy atom. The van der Waals surface area contributed by atoms with E-state index in [0.29, 0.717) is 5.54 Å². The molecule has 0 aromatic carbocycles. The molecule has 1 heterocycles. The van der Waals surface area contributed by atoms with Crippen molar-refractivity contribution in [3.8, 4) is 0 Å². The molecule has 0 radical (unpaired) electrons. The Kier molecular flexibility index (Phi) is 9.23. The van der Waals surface area contributed by atoms with Gasteiger partial charge in [-0.05, 0) is 19.8 Å². The van der Waals surface area contributed by atoms with Gasteiger partial charge in [0.15, 0.2) is 0 Å². The van der Waals surface area contributed by atoms with E-state index >= 15 is 0 Å². The van der Waals surface area contributed by atoms with Crippen LogP contribution in [0.5, 0.6) is 0 Å². The molecule has 0 aromatic heterocycles. The minimum absolute atomic E-state index is 0.489. The number of unbranched alkanes of at least 4 members (excludes halogenated alkanes) is 5.